The highest BCUT2D eigenvalue weighted by Crippen LogP contribution is 2.42. The first-order chi connectivity index (χ1) is 13.0. The zero-order valence-corrected chi connectivity index (χ0v) is 16.3. The molecule has 0 aromatic heterocycles. The molecule has 2 aromatic rings. The van der Waals surface area contributed by atoms with E-state index >= 15 is 0 Å². The van der Waals surface area contributed by atoms with Crippen molar-refractivity contribution >= 4 is 34.2 Å². The van der Waals surface area contributed by atoms with Crippen molar-refractivity contribution in [2.45, 2.75) is 58.9 Å². The molecular formula is C22H26N2O3. The third-order valence-electron chi connectivity index (χ3n) is 5.43. The molecule has 5 heteroatoms. The van der Waals surface area contributed by atoms with E-state index in [0.717, 1.165) is 22.9 Å². The van der Waals surface area contributed by atoms with Gasteiger partial charge in [0.2, 0.25) is 11.8 Å². The number of imide groups is 1. The molecule has 2 aromatic carbocycles. The largest absolute Gasteiger partial charge is 0.295 e. The van der Waals surface area contributed by atoms with Crippen molar-refractivity contribution in [3.8, 4) is 0 Å². The molecule has 0 bridgehead atoms. The van der Waals surface area contributed by atoms with Crippen LogP contribution in [0.2, 0.25) is 0 Å². The number of nitrogens with zero attached hydrogens (tertiary/aromatic N) is 1. The second-order valence-corrected chi connectivity index (χ2v) is 6.85. The quantitative estimate of drug-likeness (QED) is 0.830. The SMILES string of the molecule is CC.CCC(C)c1ccc2c3c(cccc13)N(C1CCC(=O)NC1=O)C2=O. The molecule has 4 rings (SSSR count). The van der Waals surface area contributed by atoms with Crippen LogP contribution in [-0.2, 0) is 9.59 Å². The summed E-state index contributed by atoms with van der Waals surface area (Å²) >= 11 is 0. The molecule has 0 spiro atoms. The summed E-state index contributed by atoms with van der Waals surface area (Å²) in [6, 6.07) is 9.15. The van der Waals surface area contributed by atoms with Crippen LogP contribution in [0.15, 0.2) is 30.3 Å². The molecule has 1 N–H and O–H groups in total. The third-order valence-corrected chi connectivity index (χ3v) is 5.43. The van der Waals surface area contributed by atoms with Gasteiger partial charge >= 0.3 is 0 Å². The van der Waals surface area contributed by atoms with Gasteiger partial charge in [-0.1, -0.05) is 45.9 Å². The van der Waals surface area contributed by atoms with Crippen LogP contribution in [-0.4, -0.2) is 23.8 Å². The Morgan fingerprint density at radius 3 is 2.56 bits per heavy atom. The van der Waals surface area contributed by atoms with Gasteiger partial charge in [0.1, 0.15) is 6.04 Å². The maximum Gasteiger partial charge on any atom is 0.259 e. The predicted octanol–water partition coefficient (Wildman–Crippen LogP) is 4.14. The molecule has 142 valence electrons. The highest BCUT2D eigenvalue weighted by atomic mass is 16.2. The standard InChI is InChI=1S/C20H20N2O3.C2H6/c1-3-11(2)12-7-8-14-18-13(12)5-4-6-15(18)22(20(14)25)16-9-10-17(23)21-19(16)24;1-2/h4-8,11,16H,3,9-10H2,1-2H3,(H,21,23,24);1-2H3. The van der Waals surface area contributed by atoms with Crippen LogP contribution in [0, 0.1) is 0 Å². The zero-order valence-electron chi connectivity index (χ0n) is 16.3. The van der Waals surface area contributed by atoms with E-state index in [9.17, 15) is 14.4 Å². The van der Waals surface area contributed by atoms with E-state index in [1.54, 1.807) is 4.90 Å². The van der Waals surface area contributed by atoms with Crippen LogP contribution >= 0.6 is 0 Å². The molecule has 1 fully saturated rings. The number of carbonyl (C=O) groups is 3. The lowest BCUT2D eigenvalue weighted by atomic mass is 9.91. The van der Waals surface area contributed by atoms with Gasteiger partial charge in [0.05, 0.1) is 5.69 Å². The van der Waals surface area contributed by atoms with Crippen LogP contribution in [0.4, 0.5) is 5.69 Å². The van der Waals surface area contributed by atoms with E-state index in [2.05, 4.69) is 19.2 Å². The van der Waals surface area contributed by atoms with Crippen LogP contribution < -0.4 is 10.2 Å². The van der Waals surface area contributed by atoms with Crippen LogP contribution in [0.5, 0.6) is 0 Å². The molecule has 2 atom stereocenters. The topological polar surface area (TPSA) is 66.5 Å². The Balaban J connectivity index is 0.00000102. The molecule has 27 heavy (non-hydrogen) atoms. The number of piperidine rings is 1. The number of carbonyl (C=O) groups excluding carboxylic acids is 3. The summed E-state index contributed by atoms with van der Waals surface area (Å²) in [7, 11) is 0. The van der Waals surface area contributed by atoms with E-state index in [1.165, 1.54) is 5.56 Å². The fourth-order valence-electron chi connectivity index (χ4n) is 3.92. The normalized spacial score (nSPS) is 19.6. The molecule has 2 aliphatic heterocycles. The van der Waals surface area contributed by atoms with E-state index < -0.39 is 11.9 Å². The van der Waals surface area contributed by atoms with Gasteiger partial charge in [0.25, 0.3) is 5.91 Å². The van der Waals surface area contributed by atoms with Crippen molar-refractivity contribution in [3.63, 3.8) is 0 Å². The number of nitrogens with one attached hydrogen (secondary N) is 1. The van der Waals surface area contributed by atoms with Crippen LogP contribution in [0.25, 0.3) is 10.8 Å². The minimum absolute atomic E-state index is 0.156. The highest BCUT2D eigenvalue weighted by Gasteiger charge is 2.40. The molecule has 0 radical (unpaired) electrons. The summed E-state index contributed by atoms with van der Waals surface area (Å²) in [4.78, 5) is 38.3. The minimum atomic E-state index is -0.629. The average molecular weight is 366 g/mol. The molecule has 3 amide bonds. The molecule has 5 nitrogen and oxygen atoms in total. The summed E-state index contributed by atoms with van der Waals surface area (Å²) in [5, 5.41) is 4.35. The summed E-state index contributed by atoms with van der Waals surface area (Å²) < 4.78 is 0. The maximum absolute atomic E-state index is 13.0. The van der Waals surface area contributed by atoms with Crippen molar-refractivity contribution in [1.29, 1.82) is 0 Å². The molecule has 1 saturated heterocycles. The number of anilines is 1. The summed E-state index contributed by atoms with van der Waals surface area (Å²) in [5.41, 5.74) is 2.64. The van der Waals surface area contributed by atoms with Gasteiger partial charge in [-0.2, -0.15) is 0 Å². The second-order valence-electron chi connectivity index (χ2n) is 6.85. The monoisotopic (exact) mass is 366 g/mol. The molecular weight excluding hydrogens is 340 g/mol. The van der Waals surface area contributed by atoms with Gasteiger partial charge in [0, 0.05) is 17.4 Å². The molecule has 2 unspecified atom stereocenters. The lowest BCUT2D eigenvalue weighted by Crippen LogP contribution is -2.53. The predicted molar refractivity (Wildman–Crippen MR) is 107 cm³/mol. The van der Waals surface area contributed by atoms with Crippen LogP contribution in [0.1, 0.15) is 68.8 Å². The summed E-state index contributed by atoms with van der Waals surface area (Å²) in [6.45, 7) is 8.33. The number of benzene rings is 2. The summed E-state index contributed by atoms with van der Waals surface area (Å²) in [5.74, 6) is -0.431. The lowest BCUT2D eigenvalue weighted by molar-refractivity contribution is -0.134. The first kappa shape index (κ1) is 19.1. The Kier molecular flexibility index (Phi) is 5.31. The first-order valence-corrected chi connectivity index (χ1v) is 9.75. The Morgan fingerprint density at radius 1 is 1.15 bits per heavy atom. The Morgan fingerprint density at radius 2 is 1.89 bits per heavy atom. The second kappa shape index (κ2) is 7.51. The van der Waals surface area contributed by atoms with Gasteiger partial charge in [-0.15, -0.1) is 0 Å². The number of amides is 3. The molecule has 2 heterocycles. The highest BCUT2D eigenvalue weighted by molar-refractivity contribution is 6.27. The third kappa shape index (κ3) is 3.01. The Labute approximate surface area is 159 Å². The van der Waals surface area contributed by atoms with E-state index in [0.29, 0.717) is 17.9 Å². The molecule has 2 aliphatic rings. The molecule has 0 saturated carbocycles. The van der Waals surface area contributed by atoms with Gasteiger partial charge < -0.3 is 0 Å². The van der Waals surface area contributed by atoms with Gasteiger partial charge in [0.15, 0.2) is 0 Å². The number of hydrogen-bond donors (Lipinski definition) is 1. The summed E-state index contributed by atoms with van der Waals surface area (Å²) in [6.07, 6.45) is 1.63. The Bertz CT molecular complexity index is 919. The lowest BCUT2D eigenvalue weighted by Gasteiger charge is -2.30. The average Bonchev–Trinajstić information content (AvgIpc) is 2.97. The molecule has 0 aliphatic carbocycles. The van der Waals surface area contributed by atoms with Gasteiger partial charge in [-0.3, -0.25) is 24.6 Å². The smallest absolute Gasteiger partial charge is 0.259 e. The van der Waals surface area contributed by atoms with Crippen molar-refractivity contribution < 1.29 is 14.4 Å². The number of rotatable bonds is 3. The first-order valence-electron chi connectivity index (χ1n) is 9.75. The number of hydrogen-bond acceptors (Lipinski definition) is 3. The fourth-order valence-corrected chi connectivity index (χ4v) is 3.92. The zero-order chi connectivity index (χ0) is 19.7. The van der Waals surface area contributed by atoms with Gasteiger partial charge in [-0.05, 0) is 41.8 Å². The fraction of sp³-hybridized carbons (Fsp3) is 0.409. The maximum atomic E-state index is 13.0. The van der Waals surface area contributed by atoms with Crippen molar-refractivity contribution in [2.75, 3.05) is 4.90 Å². The van der Waals surface area contributed by atoms with Crippen LogP contribution in [0.3, 0.4) is 0 Å². The minimum Gasteiger partial charge on any atom is -0.295 e. The van der Waals surface area contributed by atoms with Crippen molar-refractivity contribution in [1.82, 2.24) is 5.32 Å². The van der Waals surface area contributed by atoms with Crippen molar-refractivity contribution in [3.05, 3.63) is 41.5 Å². The van der Waals surface area contributed by atoms with Crippen molar-refractivity contribution in [2.24, 2.45) is 0 Å². The van der Waals surface area contributed by atoms with Gasteiger partial charge in [-0.25, -0.2) is 0 Å². The van der Waals surface area contributed by atoms with E-state index in [4.69, 9.17) is 0 Å². The van der Waals surface area contributed by atoms with E-state index in [1.807, 2.05) is 44.2 Å². The van der Waals surface area contributed by atoms with E-state index in [-0.39, 0.29) is 18.2 Å². The Hall–Kier alpha value is -2.69.